The zero-order chi connectivity index (χ0) is 11.7. The van der Waals surface area contributed by atoms with E-state index in [9.17, 15) is 18.3 Å². The topological polar surface area (TPSA) is 33.1 Å². The van der Waals surface area contributed by atoms with E-state index in [-0.39, 0.29) is 5.69 Å². The molecule has 0 radical (unpaired) electrons. The Labute approximate surface area is 85.8 Å². The normalized spacial score (nSPS) is 16.5. The lowest BCUT2D eigenvalue weighted by Gasteiger charge is -2.33. The lowest BCUT2D eigenvalue weighted by atomic mass is 9.86. The third-order valence-electron chi connectivity index (χ3n) is 2.32. The first-order valence-electron chi connectivity index (χ1n) is 4.50. The first-order chi connectivity index (χ1) is 6.80. The Morgan fingerprint density at radius 3 is 2.20 bits per heavy atom. The Balaban J connectivity index is 3.26. The molecule has 0 aromatic carbocycles. The van der Waals surface area contributed by atoms with Crippen molar-refractivity contribution in [3.05, 3.63) is 30.1 Å². The summed E-state index contributed by atoms with van der Waals surface area (Å²) in [6.45, 7) is 2.62. The van der Waals surface area contributed by atoms with Crippen molar-refractivity contribution in [2.45, 2.75) is 25.6 Å². The number of pyridine rings is 1. The maximum Gasteiger partial charge on any atom is 0.423 e. The van der Waals surface area contributed by atoms with Crippen LogP contribution in [0, 0.1) is 5.92 Å². The smallest absolute Gasteiger partial charge is 0.375 e. The van der Waals surface area contributed by atoms with Crippen LogP contribution in [0.2, 0.25) is 0 Å². The van der Waals surface area contributed by atoms with Gasteiger partial charge >= 0.3 is 6.18 Å². The quantitative estimate of drug-likeness (QED) is 0.828. The molecule has 1 heterocycles. The van der Waals surface area contributed by atoms with E-state index in [2.05, 4.69) is 4.98 Å². The molecule has 84 valence electrons. The molecule has 15 heavy (non-hydrogen) atoms. The number of hydrogen-bond donors (Lipinski definition) is 1. The Morgan fingerprint density at radius 2 is 1.87 bits per heavy atom. The van der Waals surface area contributed by atoms with Gasteiger partial charge in [-0.05, 0) is 18.1 Å². The zero-order valence-electron chi connectivity index (χ0n) is 8.42. The monoisotopic (exact) mass is 219 g/mol. The number of halogens is 3. The largest absolute Gasteiger partial charge is 0.423 e. The summed E-state index contributed by atoms with van der Waals surface area (Å²) in [6.07, 6.45) is -3.50. The molecule has 1 N–H and O–H groups in total. The minimum absolute atomic E-state index is 0.368. The fraction of sp³-hybridized carbons (Fsp3) is 0.500. The van der Waals surface area contributed by atoms with Crippen LogP contribution in [0.3, 0.4) is 0 Å². The average Bonchev–Trinajstić information content (AvgIpc) is 2.16. The molecule has 0 saturated carbocycles. The highest BCUT2D eigenvalue weighted by molar-refractivity contribution is 5.16. The molecule has 1 aromatic rings. The molecule has 0 amide bonds. The van der Waals surface area contributed by atoms with Crippen LogP contribution < -0.4 is 0 Å². The van der Waals surface area contributed by atoms with Crippen LogP contribution in [-0.2, 0) is 5.60 Å². The van der Waals surface area contributed by atoms with E-state index in [1.54, 1.807) is 0 Å². The number of nitrogens with zero attached hydrogens (tertiary/aromatic N) is 1. The summed E-state index contributed by atoms with van der Waals surface area (Å²) >= 11 is 0. The first kappa shape index (κ1) is 12.0. The molecular formula is C10H12F3NO. The number of aliphatic hydroxyl groups is 1. The number of alkyl halides is 3. The van der Waals surface area contributed by atoms with Gasteiger partial charge in [-0.25, -0.2) is 0 Å². The van der Waals surface area contributed by atoms with E-state index in [1.165, 1.54) is 38.2 Å². The minimum atomic E-state index is -4.73. The van der Waals surface area contributed by atoms with Crippen LogP contribution in [0.25, 0.3) is 0 Å². The van der Waals surface area contributed by atoms with Gasteiger partial charge in [0.2, 0.25) is 5.60 Å². The fourth-order valence-electron chi connectivity index (χ4n) is 1.36. The average molecular weight is 219 g/mol. The van der Waals surface area contributed by atoms with Crippen molar-refractivity contribution < 1.29 is 18.3 Å². The molecule has 0 saturated heterocycles. The van der Waals surface area contributed by atoms with Gasteiger partial charge in [-0.15, -0.1) is 0 Å². The Kier molecular flexibility index (Phi) is 3.04. The predicted molar refractivity (Wildman–Crippen MR) is 49.0 cm³/mol. The Hall–Kier alpha value is -1.10. The van der Waals surface area contributed by atoms with E-state index in [0.29, 0.717) is 0 Å². The van der Waals surface area contributed by atoms with Gasteiger partial charge in [-0.1, -0.05) is 19.9 Å². The summed E-state index contributed by atoms with van der Waals surface area (Å²) in [5, 5.41) is 9.71. The maximum atomic E-state index is 12.8. The molecule has 0 fully saturated rings. The van der Waals surface area contributed by atoms with Crippen molar-refractivity contribution in [2.24, 2.45) is 5.92 Å². The van der Waals surface area contributed by atoms with Crippen LogP contribution in [0.1, 0.15) is 19.5 Å². The van der Waals surface area contributed by atoms with E-state index in [4.69, 9.17) is 0 Å². The molecule has 1 unspecified atom stereocenters. The summed E-state index contributed by atoms with van der Waals surface area (Å²) in [5.41, 5.74) is -3.25. The molecule has 0 aliphatic heterocycles. The summed E-state index contributed by atoms with van der Waals surface area (Å²) < 4.78 is 38.3. The highest BCUT2D eigenvalue weighted by atomic mass is 19.4. The summed E-state index contributed by atoms with van der Waals surface area (Å²) in [7, 11) is 0. The van der Waals surface area contributed by atoms with E-state index in [0.717, 1.165) is 0 Å². The highest BCUT2D eigenvalue weighted by Crippen LogP contribution is 2.43. The van der Waals surface area contributed by atoms with Gasteiger partial charge in [0.25, 0.3) is 0 Å². The lowest BCUT2D eigenvalue weighted by Crippen LogP contribution is -2.47. The molecule has 1 aromatic heterocycles. The van der Waals surface area contributed by atoms with Gasteiger partial charge in [-0.2, -0.15) is 13.2 Å². The van der Waals surface area contributed by atoms with Gasteiger partial charge in [0.15, 0.2) is 0 Å². The number of hydrogen-bond acceptors (Lipinski definition) is 2. The standard InChI is InChI=1S/C10H12F3NO/c1-7(2)9(15,10(11,12)13)8-5-3-4-6-14-8/h3-7,15H,1-2H3. The first-order valence-corrected chi connectivity index (χ1v) is 4.50. The van der Waals surface area contributed by atoms with E-state index in [1.807, 2.05) is 0 Å². The molecule has 0 spiro atoms. The van der Waals surface area contributed by atoms with Crippen molar-refractivity contribution >= 4 is 0 Å². The number of aromatic nitrogens is 1. The van der Waals surface area contributed by atoms with Crippen LogP contribution in [-0.4, -0.2) is 16.3 Å². The summed E-state index contributed by atoms with van der Waals surface area (Å²) in [6, 6.07) is 4.09. The third-order valence-corrected chi connectivity index (χ3v) is 2.32. The molecule has 5 heteroatoms. The van der Waals surface area contributed by atoms with Crippen LogP contribution in [0.5, 0.6) is 0 Å². The molecule has 0 bridgehead atoms. The zero-order valence-corrected chi connectivity index (χ0v) is 8.42. The molecule has 2 nitrogen and oxygen atoms in total. The van der Waals surface area contributed by atoms with Crippen molar-refractivity contribution in [3.8, 4) is 0 Å². The molecule has 1 atom stereocenters. The van der Waals surface area contributed by atoms with Crippen molar-refractivity contribution in [1.29, 1.82) is 0 Å². The second-order valence-corrected chi connectivity index (χ2v) is 3.63. The predicted octanol–water partition coefficient (Wildman–Crippen LogP) is 2.49. The van der Waals surface area contributed by atoms with E-state index >= 15 is 0 Å². The highest BCUT2D eigenvalue weighted by Gasteiger charge is 2.57. The van der Waals surface area contributed by atoms with Crippen molar-refractivity contribution in [3.63, 3.8) is 0 Å². The Morgan fingerprint density at radius 1 is 1.27 bits per heavy atom. The maximum absolute atomic E-state index is 12.8. The second kappa shape index (κ2) is 3.81. The van der Waals surface area contributed by atoms with Crippen molar-refractivity contribution in [1.82, 2.24) is 4.98 Å². The van der Waals surface area contributed by atoms with Gasteiger partial charge < -0.3 is 5.11 Å². The minimum Gasteiger partial charge on any atom is -0.375 e. The van der Waals surface area contributed by atoms with Gasteiger partial charge in [-0.3, -0.25) is 4.98 Å². The van der Waals surface area contributed by atoms with Gasteiger partial charge in [0.05, 0.1) is 5.69 Å². The van der Waals surface area contributed by atoms with Crippen LogP contribution in [0.4, 0.5) is 13.2 Å². The third kappa shape index (κ3) is 1.97. The summed E-state index contributed by atoms with van der Waals surface area (Å²) in [4.78, 5) is 3.57. The Bertz CT molecular complexity index is 323. The second-order valence-electron chi connectivity index (χ2n) is 3.63. The molecule has 0 aliphatic rings. The number of rotatable bonds is 2. The summed E-state index contributed by atoms with van der Waals surface area (Å²) in [5.74, 6) is -0.993. The van der Waals surface area contributed by atoms with Gasteiger partial charge in [0, 0.05) is 6.20 Å². The lowest BCUT2D eigenvalue weighted by molar-refractivity contribution is -0.284. The van der Waals surface area contributed by atoms with Gasteiger partial charge in [0.1, 0.15) is 0 Å². The van der Waals surface area contributed by atoms with Crippen LogP contribution >= 0.6 is 0 Å². The van der Waals surface area contributed by atoms with Crippen molar-refractivity contribution in [2.75, 3.05) is 0 Å². The van der Waals surface area contributed by atoms with E-state index < -0.39 is 17.7 Å². The molecular weight excluding hydrogens is 207 g/mol. The molecule has 0 aliphatic carbocycles. The molecule has 1 rings (SSSR count). The SMILES string of the molecule is CC(C)C(O)(c1ccccn1)C(F)(F)F. The van der Waals surface area contributed by atoms with Crippen LogP contribution in [0.15, 0.2) is 24.4 Å². The fourth-order valence-corrected chi connectivity index (χ4v) is 1.36.